The Hall–Kier alpha value is -0.160. The lowest BCUT2D eigenvalue weighted by atomic mass is 9.94. The number of hydrogen-bond donors (Lipinski definition) is 2. The van der Waals surface area contributed by atoms with Gasteiger partial charge in [-0.2, -0.15) is 0 Å². The van der Waals surface area contributed by atoms with Crippen LogP contribution in [0.4, 0.5) is 0 Å². The van der Waals surface area contributed by atoms with Crippen LogP contribution in [-0.4, -0.2) is 37.3 Å². The molecule has 0 saturated heterocycles. The molecule has 0 heterocycles. The molecule has 2 fully saturated rings. The van der Waals surface area contributed by atoms with E-state index >= 15 is 0 Å². The summed E-state index contributed by atoms with van der Waals surface area (Å²) >= 11 is 0. The third-order valence-corrected chi connectivity index (χ3v) is 3.73. The van der Waals surface area contributed by atoms with E-state index in [2.05, 4.69) is 0 Å². The summed E-state index contributed by atoms with van der Waals surface area (Å²) in [6.07, 6.45) is 1.46. The van der Waals surface area contributed by atoms with Gasteiger partial charge in [-0.05, 0) is 12.8 Å². The Bertz CT molecular complexity index is 187. The number of methoxy groups -OCH3 is 2. The van der Waals surface area contributed by atoms with Crippen molar-refractivity contribution in [2.45, 2.75) is 30.8 Å². The molecule has 2 aliphatic carbocycles. The Balaban J connectivity index is 2.31. The van der Waals surface area contributed by atoms with E-state index in [0.717, 1.165) is 12.8 Å². The highest BCUT2D eigenvalue weighted by atomic mass is 16.7. The van der Waals surface area contributed by atoms with Crippen molar-refractivity contribution in [1.29, 1.82) is 0 Å². The van der Waals surface area contributed by atoms with E-state index in [9.17, 15) is 5.11 Å². The van der Waals surface area contributed by atoms with Crippen LogP contribution < -0.4 is 5.73 Å². The van der Waals surface area contributed by atoms with Crippen LogP contribution in [0.25, 0.3) is 0 Å². The second-order valence-electron chi connectivity index (χ2n) is 3.99. The third kappa shape index (κ3) is 0.944. The van der Waals surface area contributed by atoms with Crippen molar-refractivity contribution in [2.24, 2.45) is 17.6 Å². The molecule has 0 radical (unpaired) electrons. The third-order valence-electron chi connectivity index (χ3n) is 3.73. The van der Waals surface area contributed by atoms with Crippen molar-refractivity contribution in [3.63, 3.8) is 0 Å². The van der Waals surface area contributed by atoms with Gasteiger partial charge >= 0.3 is 0 Å². The normalized spacial score (nSPS) is 47.1. The van der Waals surface area contributed by atoms with E-state index in [1.807, 2.05) is 0 Å². The Kier molecular flexibility index (Phi) is 2.11. The standard InChI is InChI=1S/C9H17NO3/c1-12-9(13-2)5-3-4-6(9)8(11)7(5)10/h5-8,11H,3-4,10H2,1-2H3/t5-,6+,7-,8+/m0/s1. The fraction of sp³-hybridized carbons (Fsp3) is 1.00. The van der Waals surface area contributed by atoms with Gasteiger partial charge in [-0.25, -0.2) is 0 Å². The molecule has 0 unspecified atom stereocenters. The summed E-state index contributed by atoms with van der Waals surface area (Å²) in [7, 11) is 3.25. The van der Waals surface area contributed by atoms with Gasteiger partial charge in [0.25, 0.3) is 0 Å². The minimum Gasteiger partial charge on any atom is -0.391 e. The second kappa shape index (κ2) is 2.92. The summed E-state index contributed by atoms with van der Waals surface area (Å²) in [4.78, 5) is 0. The van der Waals surface area contributed by atoms with Crippen molar-refractivity contribution in [3.8, 4) is 0 Å². The summed E-state index contributed by atoms with van der Waals surface area (Å²) < 4.78 is 10.8. The number of aliphatic hydroxyl groups is 1. The van der Waals surface area contributed by atoms with Crippen LogP contribution in [0.3, 0.4) is 0 Å². The molecule has 2 rings (SSSR count). The molecule has 0 aromatic rings. The van der Waals surface area contributed by atoms with Gasteiger partial charge in [-0.15, -0.1) is 0 Å². The first-order valence-electron chi connectivity index (χ1n) is 4.71. The van der Waals surface area contributed by atoms with Crippen molar-refractivity contribution in [3.05, 3.63) is 0 Å². The van der Waals surface area contributed by atoms with Gasteiger partial charge in [0.1, 0.15) is 0 Å². The fourth-order valence-electron chi connectivity index (χ4n) is 3.10. The molecule has 4 heteroatoms. The van der Waals surface area contributed by atoms with Crippen LogP contribution >= 0.6 is 0 Å². The smallest absolute Gasteiger partial charge is 0.177 e. The first kappa shape index (κ1) is 9.40. The van der Waals surface area contributed by atoms with Gasteiger partial charge in [0.2, 0.25) is 0 Å². The van der Waals surface area contributed by atoms with E-state index in [4.69, 9.17) is 15.2 Å². The average molecular weight is 187 g/mol. The number of rotatable bonds is 2. The van der Waals surface area contributed by atoms with Crippen LogP contribution in [0.1, 0.15) is 12.8 Å². The average Bonchev–Trinajstić information content (AvgIpc) is 2.61. The maximum Gasteiger partial charge on any atom is 0.177 e. The van der Waals surface area contributed by atoms with Gasteiger partial charge in [0.05, 0.1) is 6.10 Å². The lowest BCUT2D eigenvalue weighted by Crippen LogP contribution is -2.42. The van der Waals surface area contributed by atoms with Crippen molar-refractivity contribution < 1.29 is 14.6 Å². The number of aliphatic hydroxyl groups excluding tert-OH is 1. The van der Waals surface area contributed by atoms with Crippen LogP contribution in [0.5, 0.6) is 0 Å². The van der Waals surface area contributed by atoms with Crippen LogP contribution in [0, 0.1) is 11.8 Å². The fourth-order valence-corrected chi connectivity index (χ4v) is 3.10. The van der Waals surface area contributed by atoms with Crippen LogP contribution in [0.2, 0.25) is 0 Å². The monoisotopic (exact) mass is 187 g/mol. The first-order chi connectivity index (χ1) is 6.17. The van der Waals surface area contributed by atoms with Gasteiger partial charge in [0.15, 0.2) is 5.79 Å². The second-order valence-corrected chi connectivity index (χ2v) is 3.99. The Labute approximate surface area is 78.0 Å². The predicted molar refractivity (Wildman–Crippen MR) is 46.9 cm³/mol. The molecule has 0 amide bonds. The summed E-state index contributed by atoms with van der Waals surface area (Å²) in [6.45, 7) is 0. The minimum absolute atomic E-state index is 0.0440. The topological polar surface area (TPSA) is 64.7 Å². The lowest BCUT2D eigenvalue weighted by molar-refractivity contribution is -0.239. The highest BCUT2D eigenvalue weighted by Crippen LogP contribution is 2.53. The molecule has 3 N–H and O–H groups in total. The van der Waals surface area contributed by atoms with E-state index in [-0.39, 0.29) is 17.9 Å². The number of nitrogens with two attached hydrogens (primary N) is 1. The quantitative estimate of drug-likeness (QED) is 0.583. The summed E-state index contributed by atoms with van der Waals surface area (Å²) in [6, 6.07) is -0.196. The number of ether oxygens (including phenoxy) is 2. The molecule has 76 valence electrons. The SMILES string of the molecule is COC1(OC)[C@@H]2CC[C@H]1[C@H](N)[C@@H]2O. The van der Waals surface area contributed by atoms with E-state index in [1.54, 1.807) is 14.2 Å². The zero-order valence-electron chi connectivity index (χ0n) is 8.06. The Morgan fingerprint density at radius 2 is 1.77 bits per heavy atom. The maximum absolute atomic E-state index is 9.80. The number of hydrogen-bond acceptors (Lipinski definition) is 4. The summed E-state index contributed by atoms with van der Waals surface area (Å²) in [5.74, 6) is -0.441. The zero-order valence-corrected chi connectivity index (χ0v) is 8.06. The molecule has 0 aliphatic heterocycles. The summed E-state index contributed by atoms with van der Waals surface area (Å²) in [5.41, 5.74) is 5.88. The highest BCUT2D eigenvalue weighted by Gasteiger charge is 2.64. The molecular formula is C9H17NO3. The van der Waals surface area contributed by atoms with Gasteiger partial charge in [0, 0.05) is 32.1 Å². The van der Waals surface area contributed by atoms with Crippen LogP contribution in [-0.2, 0) is 9.47 Å². The summed E-state index contributed by atoms with van der Waals surface area (Å²) in [5, 5.41) is 9.80. The highest BCUT2D eigenvalue weighted by molar-refractivity contribution is 5.10. The van der Waals surface area contributed by atoms with Gasteiger partial charge in [-0.3, -0.25) is 0 Å². The van der Waals surface area contributed by atoms with Gasteiger partial charge in [-0.1, -0.05) is 0 Å². The lowest BCUT2D eigenvalue weighted by Gasteiger charge is -2.31. The van der Waals surface area contributed by atoms with Crippen LogP contribution in [0.15, 0.2) is 0 Å². The molecule has 0 aromatic carbocycles. The van der Waals surface area contributed by atoms with E-state index in [1.165, 1.54) is 0 Å². The van der Waals surface area contributed by atoms with Gasteiger partial charge < -0.3 is 20.3 Å². The molecule has 13 heavy (non-hydrogen) atoms. The van der Waals surface area contributed by atoms with Crippen molar-refractivity contribution in [1.82, 2.24) is 0 Å². The predicted octanol–water partition coefficient (Wildman–Crippen LogP) is -0.296. The maximum atomic E-state index is 9.80. The Morgan fingerprint density at radius 1 is 1.23 bits per heavy atom. The number of fused-ring (bicyclic) bond motifs is 2. The molecule has 4 nitrogen and oxygen atoms in total. The first-order valence-corrected chi connectivity index (χ1v) is 4.71. The molecule has 4 atom stereocenters. The Morgan fingerprint density at radius 3 is 2.08 bits per heavy atom. The largest absolute Gasteiger partial charge is 0.391 e. The van der Waals surface area contributed by atoms with E-state index < -0.39 is 11.9 Å². The van der Waals surface area contributed by atoms with Crippen molar-refractivity contribution >= 4 is 0 Å². The molecular weight excluding hydrogens is 170 g/mol. The van der Waals surface area contributed by atoms with Crippen molar-refractivity contribution in [2.75, 3.05) is 14.2 Å². The molecule has 2 bridgehead atoms. The molecule has 0 spiro atoms. The zero-order chi connectivity index (χ0) is 9.64. The molecule has 2 aliphatic rings. The molecule has 2 saturated carbocycles. The molecule has 0 aromatic heterocycles. The minimum atomic E-state index is -0.626. The van der Waals surface area contributed by atoms with E-state index in [0.29, 0.717) is 0 Å².